The molecular weight excluding hydrogens is 182 g/mol. The molecular formula is C10H15NO3. The van der Waals surface area contributed by atoms with Gasteiger partial charge in [0.15, 0.2) is 0 Å². The van der Waals surface area contributed by atoms with E-state index >= 15 is 0 Å². The minimum atomic E-state index is -0.422. The molecule has 0 saturated heterocycles. The van der Waals surface area contributed by atoms with Crippen molar-refractivity contribution in [3.8, 4) is 0 Å². The number of carbonyl (C=O) groups excluding carboxylic acids is 1. The second kappa shape index (κ2) is 5.44. The van der Waals surface area contributed by atoms with E-state index in [0.29, 0.717) is 19.4 Å². The summed E-state index contributed by atoms with van der Waals surface area (Å²) in [6.07, 6.45) is 3.59. The molecule has 0 aliphatic carbocycles. The summed E-state index contributed by atoms with van der Waals surface area (Å²) < 4.78 is 4.85. The summed E-state index contributed by atoms with van der Waals surface area (Å²) in [7, 11) is 0. The summed E-state index contributed by atoms with van der Waals surface area (Å²) in [4.78, 5) is 11.2. The first-order chi connectivity index (χ1) is 6.68. The van der Waals surface area contributed by atoms with E-state index in [1.54, 1.807) is 25.5 Å². The fraction of sp³-hybridized carbons (Fsp3) is 0.500. The monoisotopic (exact) mass is 197 g/mol. The van der Waals surface area contributed by atoms with Gasteiger partial charge in [0.05, 0.1) is 18.6 Å². The van der Waals surface area contributed by atoms with Crippen LogP contribution in [0.3, 0.4) is 0 Å². The maximum absolute atomic E-state index is 11.2. The molecule has 1 unspecified atom stereocenters. The van der Waals surface area contributed by atoms with Gasteiger partial charge in [0.2, 0.25) is 5.91 Å². The Morgan fingerprint density at radius 3 is 3.07 bits per heavy atom. The molecule has 0 spiro atoms. The molecule has 0 saturated carbocycles. The van der Waals surface area contributed by atoms with E-state index in [0.717, 1.165) is 5.56 Å². The Balaban J connectivity index is 2.15. The normalized spacial score (nSPS) is 12.4. The molecule has 1 atom stereocenters. The van der Waals surface area contributed by atoms with Crippen molar-refractivity contribution >= 4 is 5.91 Å². The minimum absolute atomic E-state index is 0.0490. The maximum atomic E-state index is 11.2. The average molecular weight is 197 g/mol. The third kappa shape index (κ3) is 4.09. The number of hydrogen-bond donors (Lipinski definition) is 2. The fourth-order valence-electron chi connectivity index (χ4n) is 1.02. The second-order valence-electron chi connectivity index (χ2n) is 3.30. The lowest BCUT2D eigenvalue weighted by molar-refractivity contribution is -0.121. The smallest absolute Gasteiger partial charge is 0.220 e. The van der Waals surface area contributed by atoms with E-state index < -0.39 is 6.10 Å². The van der Waals surface area contributed by atoms with Crippen molar-refractivity contribution in [2.24, 2.45) is 0 Å². The first kappa shape index (κ1) is 10.8. The molecule has 1 amide bonds. The molecule has 78 valence electrons. The van der Waals surface area contributed by atoms with Crippen LogP contribution in [0.25, 0.3) is 0 Å². The molecule has 4 heteroatoms. The highest BCUT2D eigenvalue weighted by Gasteiger charge is 2.03. The summed E-state index contributed by atoms with van der Waals surface area (Å²) in [6.45, 7) is 2.15. The molecule has 0 bridgehead atoms. The lowest BCUT2D eigenvalue weighted by atomic mass is 10.2. The number of rotatable bonds is 5. The van der Waals surface area contributed by atoms with Crippen LogP contribution >= 0.6 is 0 Å². The second-order valence-corrected chi connectivity index (χ2v) is 3.30. The molecule has 1 aromatic rings. The van der Waals surface area contributed by atoms with E-state index in [-0.39, 0.29) is 5.91 Å². The van der Waals surface area contributed by atoms with E-state index in [1.807, 2.05) is 0 Å². The van der Waals surface area contributed by atoms with Gasteiger partial charge in [0, 0.05) is 18.5 Å². The van der Waals surface area contributed by atoms with E-state index in [9.17, 15) is 4.79 Å². The molecule has 0 aromatic carbocycles. The number of hydrogen-bond acceptors (Lipinski definition) is 3. The topological polar surface area (TPSA) is 62.5 Å². The number of nitrogens with one attached hydrogen (secondary N) is 1. The van der Waals surface area contributed by atoms with Crippen LogP contribution in [-0.4, -0.2) is 17.1 Å². The highest BCUT2D eigenvalue weighted by molar-refractivity contribution is 5.75. The first-order valence-electron chi connectivity index (χ1n) is 4.64. The highest BCUT2D eigenvalue weighted by atomic mass is 16.3. The number of amides is 1. The molecule has 2 N–H and O–H groups in total. The third-order valence-electron chi connectivity index (χ3n) is 1.86. The standard InChI is InChI=1S/C10H15NO3/c1-8(12)2-3-10(13)11-6-9-4-5-14-7-9/h4-5,7-8,12H,2-3,6H2,1H3,(H,11,13). The zero-order valence-electron chi connectivity index (χ0n) is 8.19. The van der Waals surface area contributed by atoms with E-state index in [2.05, 4.69) is 5.32 Å². The van der Waals surface area contributed by atoms with Gasteiger partial charge in [0.1, 0.15) is 0 Å². The zero-order chi connectivity index (χ0) is 10.4. The largest absolute Gasteiger partial charge is 0.472 e. The Bertz CT molecular complexity index is 267. The van der Waals surface area contributed by atoms with Gasteiger partial charge in [0.25, 0.3) is 0 Å². The number of aliphatic hydroxyl groups excluding tert-OH is 1. The molecule has 0 radical (unpaired) electrons. The SMILES string of the molecule is CC(O)CCC(=O)NCc1ccoc1. The van der Waals surface area contributed by atoms with Crippen molar-refractivity contribution in [3.63, 3.8) is 0 Å². The van der Waals surface area contributed by atoms with Gasteiger partial charge in [-0.2, -0.15) is 0 Å². The van der Waals surface area contributed by atoms with Crippen LogP contribution in [0, 0.1) is 0 Å². The van der Waals surface area contributed by atoms with Gasteiger partial charge < -0.3 is 14.8 Å². The summed E-state index contributed by atoms with van der Waals surface area (Å²) in [5, 5.41) is 11.7. The lowest BCUT2D eigenvalue weighted by Crippen LogP contribution is -2.23. The first-order valence-corrected chi connectivity index (χ1v) is 4.64. The summed E-state index contributed by atoms with van der Waals surface area (Å²) in [6, 6.07) is 1.80. The average Bonchev–Trinajstić information content (AvgIpc) is 2.63. The van der Waals surface area contributed by atoms with Gasteiger partial charge in [-0.05, 0) is 19.4 Å². The number of carbonyl (C=O) groups is 1. The van der Waals surface area contributed by atoms with Crippen molar-refractivity contribution < 1.29 is 14.3 Å². The Morgan fingerprint density at radius 1 is 1.71 bits per heavy atom. The van der Waals surface area contributed by atoms with Crippen LogP contribution in [-0.2, 0) is 11.3 Å². The molecule has 1 aromatic heterocycles. The molecule has 0 fully saturated rings. The van der Waals surface area contributed by atoms with Crippen molar-refractivity contribution in [1.29, 1.82) is 0 Å². The van der Waals surface area contributed by atoms with Crippen LogP contribution in [0.2, 0.25) is 0 Å². The molecule has 4 nitrogen and oxygen atoms in total. The van der Waals surface area contributed by atoms with Gasteiger partial charge in [-0.1, -0.05) is 0 Å². The summed E-state index contributed by atoms with van der Waals surface area (Å²) >= 11 is 0. The van der Waals surface area contributed by atoms with Gasteiger partial charge >= 0.3 is 0 Å². The fourth-order valence-corrected chi connectivity index (χ4v) is 1.02. The van der Waals surface area contributed by atoms with Crippen molar-refractivity contribution in [2.75, 3.05) is 0 Å². The molecule has 0 aliphatic heterocycles. The Kier molecular flexibility index (Phi) is 4.19. The number of aliphatic hydroxyl groups is 1. The van der Waals surface area contributed by atoms with Crippen LogP contribution < -0.4 is 5.32 Å². The van der Waals surface area contributed by atoms with E-state index in [1.165, 1.54) is 0 Å². The Morgan fingerprint density at radius 2 is 2.50 bits per heavy atom. The lowest BCUT2D eigenvalue weighted by Gasteiger charge is -2.04. The van der Waals surface area contributed by atoms with Crippen LogP contribution in [0.5, 0.6) is 0 Å². The molecule has 0 aliphatic rings. The molecule has 1 rings (SSSR count). The van der Waals surface area contributed by atoms with E-state index in [4.69, 9.17) is 9.52 Å². The van der Waals surface area contributed by atoms with Crippen molar-refractivity contribution in [1.82, 2.24) is 5.32 Å². The van der Waals surface area contributed by atoms with Crippen molar-refractivity contribution in [2.45, 2.75) is 32.4 Å². The van der Waals surface area contributed by atoms with Gasteiger partial charge in [-0.3, -0.25) is 4.79 Å². The Hall–Kier alpha value is -1.29. The third-order valence-corrected chi connectivity index (χ3v) is 1.86. The maximum Gasteiger partial charge on any atom is 0.220 e. The highest BCUT2D eigenvalue weighted by Crippen LogP contribution is 2.00. The van der Waals surface area contributed by atoms with Crippen LogP contribution in [0.4, 0.5) is 0 Å². The molecule has 14 heavy (non-hydrogen) atoms. The van der Waals surface area contributed by atoms with Gasteiger partial charge in [-0.15, -0.1) is 0 Å². The Labute approximate surface area is 82.9 Å². The molecule has 1 heterocycles. The predicted molar refractivity (Wildman–Crippen MR) is 51.5 cm³/mol. The summed E-state index contributed by atoms with van der Waals surface area (Å²) in [5.74, 6) is -0.0490. The predicted octanol–water partition coefficient (Wildman–Crippen LogP) is 1.06. The minimum Gasteiger partial charge on any atom is -0.472 e. The number of furan rings is 1. The summed E-state index contributed by atoms with van der Waals surface area (Å²) in [5.41, 5.74) is 0.940. The quantitative estimate of drug-likeness (QED) is 0.741. The van der Waals surface area contributed by atoms with Crippen LogP contribution in [0.15, 0.2) is 23.0 Å². The van der Waals surface area contributed by atoms with Crippen molar-refractivity contribution in [3.05, 3.63) is 24.2 Å². The zero-order valence-corrected chi connectivity index (χ0v) is 8.19. The van der Waals surface area contributed by atoms with Crippen LogP contribution in [0.1, 0.15) is 25.3 Å². The van der Waals surface area contributed by atoms with Gasteiger partial charge in [-0.25, -0.2) is 0 Å².